The minimum absolute atomic E-state index is 0.152. The van der Waals surface area contributed by atoms with Crippen molar-refractivity contribution in [3.63, 3.8) is 0 Å². The number of nitrogens with zero attached hydrogens (tertiary/aromatic N) is 3. The highest BCUT2D eigenvalue weighted by molar-refractivity contribution is 6.06. The lowest BCUT2D eigenvalue weighted by Gasteiger charge is -2.44. The number of aromatic amines is 1. The molecule has 2 aromatic carbocycles. The van der Waals surface area contributed by atoms with Gasteiger partial charge in [0.15, 0.2) is 0 Å². The predicted octanol–water partition coefficient (Wildman–Crippen LogP) is 4.22. The molecule has 2 saturated heterocycles. The van der Waals surface area contributed by atoms with Gasteiger partial charge in [0.05, 0.1) is 23.9 Å². The first-order chi connectivity index (χ1) is 16.1. The van der Waals surface area contributed by atoms with Crippen molar-refractivity contribution >= 4 is 22.5 Å². The van der Waals surface area contributed by atoms with Crippen molar-refractivity contribution in [3.05, 3.63) is 59.3 Å². The first kappa shape index (κ1) is 21.8. The molecule has 1 amide bonds. The molecule has 0 aliphatic carbocycles. The van der Waals surface area contributed by atoms with Crippen molar-refractivity contribution in [2.75, 3.05) is 51.3 Å². The number of fused-ring (bicyclic) bond motifs is 1. The lowest BCUT2D eigenvalue weighted by Crippen LogP contribution is -2.56. The SMILES string of the molecule is COc1ccccc1N1CCN([C@H]2CCCN(C(=O)c3cccc4c(C)c(C)[nH]c34)C2)CC1. The number of aryl methyl sites for hydroxylation is 2. The van der Waals surface area contributed by atoms with Gasteiger partial charge in [0.25, 0.3) is 5.91 Å². The van der Waals surface area contributed by atoms with Crippen molar-refractivity contribution in [1.29, 1.82) is 0 Å². The molecule has 0 unspecified atom stereocenters. The van der Waals surface area contributed by atoms with E-state index in [1.165, 1.54) is 11.3 Å². The summed E-state index contributed by atoms with van der Waals surface area (Å²) in [4.78, 5) is 24.0. The van der Waals surface area contributed by atoms with E-state index in [0.29, 0.717) is 6.04 Å². The summed E-state index contributed by atoms with van der Waals surface area (Å²) in [6.45, 7) is 9.81. The third-order valence-electron chi connectivity index (χ3n) is 7.51. The van der Waals surface area contributed by atoms with Crippen molar-refractivity contribution in [1.82, 2.24) is 14.8 Å². The van der Waals surface area contributed by atoms with Crippen LogP contribution in [0, 0.1) is 13.8 Å². The van der Waals surface area contributed by atoms with Crippen LogP contribution in [0.5, 0.6) is 5.75 Å². The number of likely N-dealkylation sites (tertiary alicyclic amines) is 1. The third-order valence-corrected chi connectivity index (χ3v) is 7.51. The Balaban J connectivity index is 1.26. The van der Waals surface area contributed by atoms with Crippen LogP contribution in [-0.4, -0.2) is 73.1 Å². The van der Waals surface area contributed by atoms with Gasteiger partial charge in [0, 0.05) is 56.4 Å². The summed E-state index contributed by atoms with van der Waals surface area (Å²) >= 11 is 0. The van der Waals surface area contributed by atoms with E-state index in [9.17, 15) is 4.79 Å². The maximum atomic E-state index is 13.5. The maximum Gasteiger partial charge on any atom is 0.256 e. The molecule has 6 heteroatoms. The summed E-state index contributed by atoms with van der Waals surface area (Å²) in [6.07, 6.45) is 2.21. The fraction of sp³-hybridized carbons (Fsp3) is 0.444. The number of hydrogen-bond acceptors (Lipinski definition) is 4. The molecule has 1 atom stereocenters. The van der Waals surface area contributed by atoms with Crippen LogP contribution in [0.1, 0.15) is 34.5 Å². The Morgan fingerprint density at radius 2 is 1.79 bits per heavy atom. The monoisotopic (exact) mass is 446 g/mol. The Hall–Kier alpha value is -2.99. The molecule has 6 nitrogen and oxygen atoms in total. The minimum Gasteiger partial charge on any atom is -0.495 e. The van der Waals surface area contributed by atoms with E-state index >= 15 is 0 Å². The van der Waals surface area contributed by atoms with Crippen LogP contribution in [0.3, 0.4) is 0 Å². The number of para-hydroxylation sites is 3. The van der Waals surface area contributed by atoms with E-state index in [4.69, 9.17) is 4.74 Å². The smallest absolute Gasteiger partial charge is 0.256 e. The molecule has 1 aromatic heterocycles. The number of nitrogens with one attached hydrogen (secondary N) is 1. The van der Waals surface area contributed by atoms with E-state index in [-0.39, 0.29) is 5.91 Å². The van der Waals surface area contributed by atoms with E-state index in [1.54, 1.807) is 7.11 Å². The molecular formula is C27H34N4O2. The molecule has 3 aromatic rings. The molecule has 3 heterocycles. The highest BCUT2D eigenvalue weighted by atomic mass is 16.5. The summed E-state index contributed by atoms with van der Waals surface area (Å²) in [7, 11) is 1.74. The van der Waals surface area contributed by atoms with Gasteiger partial charge in [-0.2, -0.15) is 0 Å². The van der Waals surface area contributed by atoms with Gasteiger partial charge in [-0.25, -0.2) is 0 Å². The molecule has 0 bridgehead atoms. The van der Waals surface area contributed by atoms with Crippen molar-refractivity contribution in [3.8, 4) is 5.75 Å². The predicted molar refractivity (Wildman–Crippen MR) is 133 cm³/mol. The van der Waals surface area contributed by atoms with Gasteiger partial charge in [0.1, 0.15) is 5.75 Å². The maximum absolute atomic E-state index is 13.5. The van der Waals surface area contributed by atoms with Gasteiger partial charge in [-0.3, -0.25) is 9.69 Å². The van der Waals surface area contributed by atoms with Gasteiger partial charge in [-0.1, -0.05) is 24.3 Å². The number of amides is 1. The first-order valence-corrected chi connectivity index (χ1v) is 12.1. The molecule has 33 heavy (non-hydrogen) atoms. The van der Waals surface area contributed by atoms with Crippen molar-refractivity contribution < 1.29 is 9.53 Å². The van der Waals surface area contributed by atoms with E-state index in [1.807, 2.05) is 24.3 Å². The number of carbonyl (C=O) groups excluding carboxylic acids is 1. The molecule has 2 fully saturated rings. The second kappa shape index (κ2) is 9.10. The Bertz CT molecular complexity index is 1150. The number of piperidine rings is 1. The van der Waals surface area contributed by atoms with Gasteiger partial charge < -0.3 is 19.5 Å². The molecule has 5 rings (SSSR count). The number of methoxy groups -OCH3 is 1. The fourth-order valence-corrected chi connectivity index (χ4v) is 5.49. The second-order valence-electron chi connectivity index (χ2n) is 9.35. The number of carbonyl (C=O) groups is 1. The van der Waals surface area contributed by atoms with E-state index in [2.05, 4.69) is 51.7 Å². The average Bonchev–Trinajstić information content (AvgIpc) is 3.17. The van der Waals surface area contributed by atoms with Crippen molar-refractivity contribution in [2.24, 2.45) is 0 Å². The fourth-order valence-electron chi connectivity index (χ4n) is 5.49. The van der Waals surface area contributed by atoms with Gasteiger partial charge in [-0.05, 0) is 50.5 Å². The summed E-state index contributed by atoms with van der Waals surface area (Å²) in [6, 6.07) is 14.8. The summed E-state index contributed by atoms with van der Waals surface area (Å²) in [5.74, 6) is 1.09. The molecular weight excluding hydrogens is 412 g/mol. The van der Waals surface area contributed by atoms with Gasteiger partial charge >= 0.3 is 0 Å². The molecule has 174 valence electrons. The number of hydrogen-bond donors (Lipinski definition) is 1. The van der Waals surface area contributed by atoms with Gasteiger partial charge in [-0.15, -0.1) is 0 Å². The quantitative estimate of drug-likeness (QED) is 0.652. The van der Waals surface area contributed by atoms with Crippen LogP contribution in [0.15, 0.2) is 42.5 Å². The zero-order chi connectivity index (χ0) is 22.9. The largest absolute Gasteiger partial charge is 0.495 e. The Morgan fingerprint density at radius 3 is 2.58 bits per heavy atom. The normalized spacial score (nSPS) is 19.8. The van der Waals surface area contributed by atoms with E-state index < -0.39 is 0 Å². The molecule has 0 radical (unpaired) electrons. The van der Waals surface area contributed by atoms with Crippen LogP contribution in [0.4, 0.5) is 5.69 Å². The highest BCUT2D eigenvalue weighted by Gasteiger charge is 2.31. The lowest BCUT2D eigenvalue weighted by molar-refractivity contribution is 0.0565. The third kappa shape index (κ3) is 4.08. The molecule has 2 aliphatic heterocycles. The van der Waals surface area contributed by atoms with Crippen LogP contribution in [-0.2, 0) is 0 Å². The van der Waals surface area contributed by atoms with E-state index in [0.717, 1.165) is 80.0 Å². The minimum atomic E-state index is 0.152. The van der Waals surface area contributed by atoms with Gasteiger partial charge in [0.2, 0.25) is 0 Å². The molecule has 2 aliphatic rings. The molecule has 1 N–H and O–H groups in total. The number of piperazine rings is 1. The standard InChI is InChI=1S/C27H34N4O2/c1-19-20(2)28-26-22(19)9-6-10-23(26)27(32)31-13-7-8-21(18-31)29-14-16-30(17-15-29)24-11-4-5-12-25(24)33-3/h4-6,9-12,21,28H,7-8,13-18H2,1-3H3/t21-/m0/s1. The Morgan fingerprint density at radius 1 is 1.00 bits per heavy atom. The molecule has 0 spiro atoms. The highest BCUT2D eigenvalue weighted by Crippen LogP contribution is 2.30. The first-order valence-electron chi connectivity index (χ1n) is 12.1. The number of ether oxygens (including phenoxy) is 1. The number of benzene rings is 2. The number of aromatic nitrogens is 1. The summed E-state index contributed by atoms with van der Waals surface area (Å²) in [5.41, 5.74) is 5.30. The van der Waals surface area contributed by atoms with Crippen LogP contribution in [0.25, 0.3) is 10.9 Å². The molecule has 0 saturated carbocycles. The summed E-state index contributed by atoms with van der Waals surface area (Å²) in [5, 5.41) is 1.15. The average molecular weight is 447 g/mol. The Kier molecular flexibility index (Phi) is 6.02. The number of rotatable bonds is 4. The summed E-state index contributed by atoms with van der Waals surface area (Å²) < 4.78 is 5.56. The van der Waals surface area contributed by atoms with Crippen LogP contribution >= 0.6 is 0 Å². The van der Waals surface area contributed by atoms with Crippen LogP contribution < -0.4 is 9.64 Å². The number of anilines is 1. The number of H-pyrrole nitrogens is 1. The van der Waals surface area contributed by atoms with Crippen LogP contribution in [0.2, 0.25) is 0 Å². The Labute approximate surface area is 196 Å². The van der Waals surface area contributed by atoms with Crippen molar-refractivity contribution in [2.45, 2.75) is 32.7 Å². The topological polar surface area (TPSA) is 51.8 Å². The second-order valence-corrected chi connectivity index (χ2v) is 9.35. The zero-order valence-corrected chi connectivity index (χ0v) is 19.9. The zero-order valence-electron chi connectivity index (χ0n) is 19.9. The lowest BCUT2D eigenvalue weighted by atomic mass is 10.0.